The molecule has 2 heteroatoms. The van der Waals surface area contributed by atoms with E-state index < -0.39 is 6.04 Å². The number of benzene rings is 11. The fourth-order valence-electron chi connectivity index (χ4n) is 9.62. The van der Waals surface area contributed by atoms with Crippen LogP contribution in [0.3, 0.4) is 0 Å². The van der Waals surface area contributed by atoms with Crippen LogP contribution in [0.1, 0.15) is 6.85 Å². The number of rotatable bonds is 10. The minimum absolute atomic E-state index is 0.184. The Balaban J connectivity index is 0.911. The lowest BCUT2D eigenvalue weighted by Gasteiger charge is -2.27. The molecule has 0 saturated heterocycles. The number of nitrogens with zero attached hydrogens (tertiary/aromatic N) is 2. The summed E-state index contributed by atoms with van der Waals surface area (Å²) in [6.45, 7) is 0. The predicted octanol–water partition coefficient (Wildman–Crippen LogP) is 18.3. The van der Waals surface area contributed by atoms with Gasteiger partial charge in [-0.3, -0.25) is 0 Å². The molecular weight excluding hydrogens is 821 g/mol. The van der Waals surface area contributed by atoms with Gasteiger partial charge in [-0.1, -0.05) is 218 Å². The van der Waals surface area contributed by atoms with Gasteiger partial charge in [0, 0.05) is 33.5 Å². The van der Waals surface area contributed by atoms with Crippen molar-refractivity contribution in [2.45, 2.75) is 0 Å². The Bertz CT molecular complexity index is 3920. The molecule has 68 heavy (non-hydrogen) atoms. The monoisotopic (exact) mass is 871 g/mol. The van der Waals surface area contributed by atoms with Crippen LogP contribution in [-0.4, -0.2) is 4.57 Å². The Morgan fingerprint density at radius 2 is 0.706 bits per heavy atom. The Labute approximate surface area is 405 Å². The number of hydrogen-bond acceptors (Lipinski definition) is 1. The molecular formula is C66H46N2. The van der Waals surface area contributed by atoms with Gasteiger partial charge in [-0.05, 0) is 127 Å². The van der Waals surface area contributed by atoms with Gasteiger partial charge in [0.2, 0.25) is 0 Å². The summed E-state index contributed by atoms with van der Waals surface area (Å²) in [5, 5.41) is 2.27. The van der Waals surface area contributed by atoms with Crippen molar-refractivity contribution in [1.82, 2.24) is 4.57 Å². The number of fused-ring (bicyclic) bond motifs is 3. The maximum atomic E-state index is 8.78. The molecule has 0 aliphatic rings. The highest BCUT2D eigenvalue weighted by atomic mass is 15.1. The van der Waals surface area contributed by atoms with Gasteiger partial charge in [0.05, 0.1) is 17.9 Å². The van der Waals surface area contributed by atoms with Crippen molar-refractivity contribution in [3.63, 3.8) is 0 Å². The normalized spacial score (nSPS) is 12.3. The quantitative estimate of drug-likeness (QED) is 0.133. The lowest BCUT2D eigenvalue weighted by molar-refractivity contribution is 1.18. The van der Waals surface area contributed by atoms with E-state index in [-0.39, 0.29) is 29.7 Å². The zero-order chi connectivity index (χ0) is 49.6. The van der Waals surface area contributed by atoms with Gasteiger partial charge in [0.25, 0.3) is 0 Å². The summed E-state index contributed by atoms with van der Waals surface area (Å²) in [7, 11) is 0. The van der Waals surface area contributed by atoms with E-state index in [2.05, 4.69) is 222 Å². The molecule has 1 aromatic heterocycles. The van der Waals surface area contributed by atoms with Crippen LogP contribution in [-0.2, 0) is 0 Å². The zero-order valence-corrected chi connectivity index (χ0v) is 37.1. The maximum absolute atomic E-state index is 8.78. The third kappa shape index (κ3) is 7.74. The van der Waals surface area contributed by atoms with Crippen LogP contribution in [0.15, 0.2) is 279 Å². The molecule has 0 fully saturated rings. The van der Waals surface area contributed by atoms with Crippen molar-refractivity contribution in [3.05, 3.63) is 279 Å². The highest BCUT2D eigenvalue weighted by Crippen LogP contribution is 2.41. The van der Waals surface area contributed by atoms with E-state index in [1.165, 1.54) is 11.1 Å². The van der Waals surface area contributed by atoms with Gasteiger partial charge in [-0.25, -0.2) is 0 Å². The van der Waals surface area contributed by atoms with E-state index in [0.717, 1.165) is 89.1 Å². The predicted molar refractivity (Wildman–Crippen MR) is 288 cm³/mol. The molecule has 0 amide bonds. The fourth-order valence-corrected chi connectivity index (χ4v) is 9.62. The molecule has 0 atom stereocenters. The SMILES string of the molecule is [2H]c1c([2H])c([2H])c(-c2ccccc2-c2cccc(-n3c4ccccc4c4ccc(-c5ccc(-c6cccc(N(c7cccc(-c8ccccc8)c7)c7cccc(-c8ccccc8)c7)c6)cc5)cc43)c2)c([2H])c1[2H]. The second kappa shape index (κ2) is 17.8. The summed E-state index contributed by atoms with van der Waals surface area (Å²) >= 11 is 0. The highest BCUT2D eigenvalue weighted by molar-refractivity contribution is 6.10. The molecule has 0 N–H and O–H groups in total. The average Bonchev–Trinajstić information content (AvgIpc) is 3.79. The van der Waals surface area contributed by atoms with Crippen molar-refractivity contribution in [1.29, 1.82) is 0 Å². The summed E-state index contributed by atoms with van der Waals surface area (Å²) in [5.41, 5.74) is 17.7. The molecule has 0 bridgehead atoms. The summed E-state index contributed by atoms with van der Waals surface area (Å²) in [4.78, 5) is 2.35. The largest absolute Gasteiger partial charge is 0.310 e. The molecule has 0 radical (unpaired) electrons. The van der Waals surface area contributed by atoms with Crippen LogP contribution in [0.25, 0.3) is 94.3 Å². The summed E-state index contributed by atoms with van der Waals surface area (Å²) < 4.78 is 44.8. The third-order valence-corrected chi connectivity index (χ3v) is 12.9. The van der Waals surface area contributed by atoms with E-state index >= 15 is 0 Å². The van der Waals surface area contributed by atoms with Crippen molar-refractivity contribution in [2.75, 3.05) is 4.90 Å². The Kier molecular flexibility index (Phi) is 9.23. The first-order valence-electron chi connectivity index (χ1n) is 25.4. The minimum atomic E-state index is -0.406. The molecule has 0 aliphatic heterocycles. The van der Waals surface area contributed by atoms with Crippen molar-refractivity contribution in [3.8, 4) is 72.4 Å². The van der Waals surface area contributed by atoms with Crippen molar-refractivity contribution < 1.29 is 6.85 Å². The first-order chi connectivity index (χ1) is 35.8. The lowest BCUT2D eigenvalue weighted by atomic mass is 9.94. The molecule has 0 spiro atoms. The van der Waals surface area contributed by atoms with Crippen LogP contribution in [0.5, 0.6) is 0 Å². The van der Waals surface area contributed by atoms with Crippen LogP contribution in [0.4, 0.5) is 17.1 Å². The number of para-hydroxylation sites is 1. The second-order valence-corrected chi connectivity index (χ2v) is 17.0. The van der Waals surface area contributed by atoms with Crippen LogP contribution in [0, 0.1) is 0 Å². The summed E-state index contributed by atoms with van der Waals surface area (Å²) in [6.07, 6.45) is 0. The molecule has 0 saturated carbocycles. The smallest absolute Gasteiger partial charge is 0.0629 e. The molecule has 11 aromatic carbocycles. The van der Waals surface area contributed by atoms with Gasteiger partial charge >= 0.3 is 0 Å². The molecule has 2 nitrogen and oxygen atoms in total. The Morgan fingerprint density at radius 1 is 0.279 bits per heavy atom. The molecule has 12 rings (SSSR count). The maximum Gasteiger partial charge on any atom is 0.0629 e. The molecule has 0 unspecified atom stereocenters. The average molecular weight is 872 g/mol. The molecule has 320 valence electrons. The van der Waals surface area contributed by atoms with E-state index in [1.54, 1.807) is 0 Å². The molecule has 0 aliphatic carbocycles. The van der Waals surface area contributed by atoms with Gasteiger partial charge in [0.15, 0.2) is 0 Å². The zero-order valence-electron chi connectivity index (χ0n) is 42.1. The van der Waals surface area contributed by atoms with Gasteiger partial charge in [0.1, 0.15) is 0 Å². The van der Waals surface area contributed by atoms with Gasteiger partial charge in [-0.2, -0.15) is 0 Å². The first kappa shape index (κ1) is 35.3. The standard InChI is InChI=1S/C66H46N2/c1-4-18-47(19-5-1)52-24-14-28-57(42-52)67(58-29-15-25-53(43-58)48-20-6-2-7-21-48)59-30-16-26-54(44-59)49-36-38-50(39-37-49)55-40-41-64-63-34-12-13-35-65(63)68(66(64)46-55)60-31-17-27-56(45-60)62-33-11-10-32-61(62)51-22-8-3-9-23-51/h1-46H/i3D,8D,9D,22D,23D. The number of anilines is 3. The van der Waals surface area contributed by atoms with Crippen LogP contribution < -0.4 is 4.90 Å². The van der Waals surface area contributed by atoms with E-state index in [0.29, 0.717) is 5.56 Å². The van der Waals surface area contributed by atoms with E-state index in [4.69, 9.17) is 6.85 Å². The lowest BCUT2D eigenvalue weighted by Crippen LogP contribution is -2.10. The highest BCUT2D eigenvalue weighted by Gasteiger charge is 2.18. The second-order valence-electron chi connectivity index (χ2n) is 17.0. The van der Waals surface area contributed by atoms with Crippen molar-refractivity contribution in [2.24, 2.45) is 0 Å². The Morgan fingerprint density at radius 3 is 1.29 bits per heavy atom. The van der Waals surface area contributed by atoms with Crippen LogP contribution >= 0.6 is 0 Å². The third-order valence-electron chi connectivity index (χ3n) is 12.9. The fraction of sp³-hybridized carbons (Fsp3) is 0. The summed E-state index contributed by atoms with van der Waals surface area (Å²) in [6, 6.07) is 85.6. The van der Waals surface area contributed by atoms with Gasteiger partial charge < -0.3 is 9.47 Å². The molecule has 1 heterocycles. The first-order valence-corrected chi connectivity index (χ1v) is 22.9. The van der Waals surface area contributed by atoms with Crippen LogP contribution in [0.2, 0.25) is 0 Å². The van der Waals surface area contributed by atoms with E-state index in [9.17, 15) is 0 Å². The Hall–Kier alpha value is -8.98. The molecule has 12 aromatic rings. The van der Waals surface area contributed by atoms with Crippen molar-refractivity contribution >= 4 is 38.9 Å². The van der Waals surface area contributed by atoms with E-state index in [1.807, 2.05) is 36.4 Å². The topological polar surface area (TPSA) is 8.17 Å². The number of aromatic nitrogens is 1. The number of hydrogen-bond donors (Lipinski definition) is 0. The minimum Gasteiger partial charge on any atom is -0.310 e. The summed E-state index contributed by atoms with van der Waals surface area (Å²) in [5.74, 6) is 0. The van der Waals surface area contributed by atoms with Gasteiger partial charge in [-0.15, -0.1) is 0 Å².